The van der Waals surface area contributed by atoms with Crippen LogP contribution in [0.4, 0.5) is 0 Å². The van der Waals surface area contributed by atoms with Crippen molar-refractivity contribution in [2.75, 3.05) is 13.2 Å². The van der Waals surface area contributed by atoms with E-state index in [1.54, 1.807) is 0 Å². The quantitative estimate of drug-likeness (QED) is 0.0374. The molecule has 63 heavy (non-hydrogen) atoms. The first-order valence-electron chi connectivity index (χ1n) is 28.0. The summed E-state index contributed by atoms with van der Waals surface area (Å²) in [6.07, 6.45) is 70.1. The second-order valence-electron chi connectivity index (χ2n) is 19.0. The molecule has 370 valence electrons. The highest BCUT2D eigenvalue weighted by atomic mass is 16.6. The summed E-state index contributed by atoms with van der Waals surface area (Å²) in [6.45, 7) is 4.14. The Kier molecular flexibility index (Phi) is 52.8. The molecule has 0 fully saturated rings. The number of carbonyl (C=O) groups is 2. The second-order valence-corrected chi connectivity index (χ2v) is 19.0. The first-order valence-corrected chi connectivity index (χ1v) is 28.0. The van der Waals surface area contributed by atoms with Crippen LogP contribution in [0.25, 0.3) is 0 Å². The molecular weight excluding hydrogens is 777 g/mol. The summed E-state index contributed by atoms with van der Waals surface area (Å²) in [5.41, 5.74) is 0. The smallest absolute Gasteiger partial charge is 0.306 e. The minimum absolute atomic E-state index is 0.0595. The summed E-state index contributed by atoms with van der Waals surface area (Å²) in [5, 5.41) is 9.59. The van der Waals surface area contributed by atoms with Crippen LogP contribution in [-0.2, 0) is 19.1 Å². The summed E-state index contributed by atoms with van der Waals surface area (Å²) in [7, 11) is 0. The van der Waals surface area contributed by atoms with Crippen LogP contribution >= 0.6 is 0 Å². The van der Waals surface area contributed by atoms with Gasteiger partial charge in [-0.25, -0.2) is 0 Å². The molecule has 0 radical (unpaired) electrons. The average molecular weight is 885 g/mol. The number of aliphatic hydroxyl groups is 1. The topological polar surface area (TPSA) is 72.8 Å². The normalized spacial score (nSPS) is 12.4. The van der Waals surface area contributed by atoms with E-state index in [0.717, 1.165) is 51.4 Å². The zero-order valence-electron chi connectivity index (χ0n) is 42.4. The molecule has 5 nitrogen and oxygen atoms in total. The predicted octanol–water partition coefficient (Wildman–Crippen LogP) is 18.7. The summed E-state index contributed by atoms with van der Waals surface area (Å²) >= 11 is 0. The number of unbranched alkanes of at least 4 members (excludes halogenated alkanes) is 38. The van der Waals surface area contributed by atoms with E-state index in [9.17, 15) is 14.7 Å². The SMILES string of the molecule is CCCCCCC/C=C\C/C=C\C/C=C\CCCCCCCCCCCCCCCCCCCCCCCCCCC(=O)OC(CO)COC(=O)CCCCCCCCCCCC. The van der Waals surface area contributed by atoms with Crippen LogP contribution in [0, 0.1) is 0 Å². The molecule has 0 aliphatic carbocycles. The van der Waals surface area contributed by atoms with Gasteiger partial charge in [0.25, 0.3) is 0 Å². The van der Waals surface area contributed by atoms with E-state index >= 15 is 0 Å². The van der Waals surface area contributed by atoms with E-state index in [1.165, 1.54) is 225 Å². The van der Waals surface area contributed by atoms with Crippen molar-refractivity contribution in [1.82, 2.24) is 0 Å². The third kappa shape index (κ3) is 52.6. The minimum atomic E-state index is -0.765. The minimum Gasteiger partial charge on any atom is -0.462 e. The van der Waals surface area contributed by atoms with Gasteiger partial charge in [-0.05, 0) is 51.4 Å². The maximum atomic E-state index is 12.2. The molecule has 0 aliphatic rings. The molecular formula is C58H108O5. The summed E-state index contributed by atoms with van der Waals surface area (Å²) < 4.78 is 10.6. The second kappa shape index (κ2) is 54.5. The van der Waals surface area contributed by atoms with Crippen LogP contribution in [0.5, 0.6) is 0 Å². The third-order valence-corrected chi connectivity index (χ3v) is 12.7. The highest BCUT2D eigenvalue weighted by Gasteiger charge is 2.16. The Hall–Kier alpha value is -1.88. The van der Waals surface area contributed by atoms with Crippen molar-refractivity contribution in [2.24, 2.45) is 0 Å². The lowest BCUT2D eigenvalue weighted by Crippen LogP contribution is -2.28. The molecule has 0 aromatic rings. The van der Waals surface area contributed by atoms with Gasteiger partial charge in [0.1, 0.15) is 6.61 Å². The van der Waals surface area contributed by atoms with Crippen molar-refractivity contribution in [3.05, 3.63) is 36.5 Å². The Balaban J connectivity index is 3.35. The van der Waals surface area contributed by atoms with E-state index < -0.39 is 6.10 Å². The standard InChI is InChI=1S/C58H108O5/c1-3-5-7-9-11-13-15-16-17-18-19-20-21-22-23-24-25-26-27-28-29-30-31-32-33-34-35-36-37-38-39-40-41-42-43-45-47-49-51-53-58(61)63-56(54-59)55-62-57(60)52-50-48-46-44-14-12-10-8-6-4-2/h15-16,18-19,21-22,56,59H,3-14,17,20,23-55H2,1-2H3/b16-15-,19-18-,22-21-. The van der Waals surface area contributed by atoms with Gasteiger partial charge < -0.3 is 14.6 Å². The van der Waals surface area contributed by atoms with Gasteiger partial charge in [-0.2, -0.15) is 0 Å². The summed E-state index contributed by atoms with van der Waals surface area (Å²) in [4.78, 5) is 24.3. The fourth-order valence-corrected chi connectivity index (χ4v) is 8.45. The highest BCUT2D eigenvalue weighted by molar-refractivity contribution is 5.70. The van der Waals surface area contributed by atoms with Crippen LogP contribution in [0.2, 0.25) is 0 Å². The molecule has 0 rings (SSSR count). The van der Waals surface area contributed by atoms with Gasteiger partial charge in [-0.1, -0.05) is 275 Å². The number of hydrogen-bond acceptors (Lipinski definition) is 5. The lowest BCUT2D eigenvalue weighted by molar-refractivity contribution is -0.161. The molecule has 1 N–H and O–H groups in total. The van der Waals surface area contributed by atoms with Gasteiger partial charge in [0.15, 0.2) is 6.10 Å². The molecule has 5 heteroatoms. The van der Waals surface area contributed by atoms with Gasteiger partial charge in [0, 0.05) is 12.8 Å². The average Bonchev–Trinajstić information content (AvgIpc) is 3.29. The van der Waals surface area contributed by atoms with Crippen molar-refractivity contribution in [3.8, 4) is 0 Å². The molecule has 0 aromatic heterocycles. The Morgan fingerprint density at radius 1 is 0.365 bits per heavy atom. The van der Waals surface area contributed by atoms with Crippen LogP contribution in [0.15, 0.2) is 36.5 Å². The maximum absolute atomic E-state index is 12.2. The van der Waals surface area contributed by atoms with Crippen molar-refractivity contribution < 1.29 is 24.2 Å². The Bertz CT molecular complexity index is 1000. The van der Waals surface area contributed by atoms with E-state index in [1.807, 2.05) is 0 Å². The van der Waals surface area contributed by atoms with Gasteiger partial charge in [-0.15, -0.1) is 0 Å². The highest BCUT2D eigenvalue weighted by Crippen LogP contribution is 2.17. The lowest BCUT2D eigenvalue weighted by Gasteiger charge is -2.15. The fraction of sp³-hybridized carbons (Fsp3) is 0.862. The Morgan fingerprint density at radius 2 is 0.635 bits per heavy atom. The third-order valence-electron chi connectivity index (χ3n) is 12.7. The molecule has 1 unspecified atom stereocenters. The zero-order chi connectivity index (χ0) is 45.6. The number of carbonyl (C=O) groups excluding carboxylic acids is 2. The van der Waals surface area contributed by atoms with E-state index in [4.69, 9.17) is 9.47 Å². The first kappa shape index (κ1) is 61.1. The van der Waals surface area contributed by atoms with Gasteiger partial charge in [0.05, 0.1) is 6.61 Å². The van der Waals surface area contributed by atoms with Gasteiger partial charge in [0.2, 0.25) is 0 Å². The lowest BCUT2D eigenvalue weighted by atomic mass is 10.0. The molecule has 0 aromatic carbocycles. The molecule has 0 saturated heterocycles. The molecule has 0 amide bonds. The molecule has 0 bridgehead atoms. The van der Waals surface area contributed by atoms with Crippen LogP contribution in [0.3, 0.4) is 0 Å². The molecule has 1 atom stereocenters. The number of allylic oxidation sites excluding steroid dienone is 6. The molecule has 0 saturated carbocycles. The number of esters is 2. The number of rotatable bonds is 52. The van der Waals surface area contributed by atoms with Crippen LogP contribution < -0.4 is 0 Å². The van der Waals surface area contributed by atoms with E-state index in [2.05, 4.69) is 50.3 Å². The molecule has 0 aliphatic heterocycles. The summed E-state index contributed by atoms with van der Waals surface area (Å²) in [6, 6.07) is 0. The number of ether oxygens (including phenoxy) is 2. The summed E-state index contributed by atoms with van der Waals surface area (Å²) in [5.74, 6) is -0.577. The van der Waals surface area contributed by atoms with Gasteiger partial charge in [-0.3, -0.25) is 9.59 Å². The zero-order valence-corrected chi connectivity index (χ0v) is 42.4. The van der Waals surface area contributed by atoms with E-state index in [-0.39, 0.29) is 25.2 Å². The van der Waals surface area contributed by atoms with E-state index in [0.29, 0.717) is 12.8 Å². The van der Waals surface area contributed by atoms with Crippen molar-refractivity contribution in [2.45, 2.75) is 309 Å². The largest absolute Gasteiger partial charge is 0.462 e. The van der Waals surface area contributed by atoms with Crippen molar-refractivity contribution in [3.63, 3.8) is 0 Å². The predicted molar refractivity (Wildman–Crippen MR) is 274 cm³/mol. The Morgan fingerprint density at radius 3 is 0.952 bits per heavy atom. The number of aliphatic hydroxyl groups excluding tert-OH is 1. The maximum Gasteiger partial charge on any atom is 0.306 e. The van der Waals surface area contributed by atoms with Crippen LogP contribution in [0.1, 0.15) is 303 Å². The number of hydrogen-bond donors (Lipinski definition) is 1. The Labute approximate surface area is 393 Å². The van der Waals surface area contributed by atoms with Crippen LogP contribution in [-0.4, -0.2) is 36.4 Å². The van der Waals surface area contributed by atoms with Crippen molar-refractivity contribution in [1.29, 1.82) is 0 Å². The first-order chi connectivity index (χ1) is 31.1. The molecule has 0 heterocycles. The van der Waals surface area contributed by atoms with Crippen molar-refractivity contribution >= 4 is 11.9 Å². The van der Waals surface area contributed by atoms with Gasteiger partial charge >= 0.3 is 11.9 Å². The molecule has 0 spiro atoms. The fourth-order valence-electron chi connectivity index (χ4n) is 8.45. The monoisotopic (exact) mass is 885 g/mol.